The summed E-state index contributed by atoms with van der Waals surface area (Å²) in [7, 11) is 0. The summed E-state index contributed by atoms with van der Waals surface area (Å²) in [4.78, 5) is 0. The Hall–Kier alpha value is 0.290. The van der Waals surface area contributed by atoms with E-state index in [1.807, 2.05) is 0 Å². The standard InChI is InChI=1S/C11H21Cl/c1-9(2)6-7-10-4-3-5-11(12)8-10/h9-11H,3-8H2,1-2H3. The minimum atomic E-state index is 0.482. The second kappa shape index (κ2) is 5.11. The monoisotopic (exact) mass is 188 g/mol. The van der Waals surface area contributed by atoms with Gasteiger partial charge in [0, 0.05) is 5.38 Å². The fraction of sp³-hybridized carbons (Fsp3) is 1.00. The molecule has 1 rings (SSSR count). The third-order valence-corrected chi connectivity index (χ3v) is 3.27. The number of rotatable bonds is 3. The predicted molar refractivity (Wildman–Crippen MR) is 55.7 cm³/mol. The Morgan fingerprint density at radius 2 is 2.08 bits per heavy atom. The van der Waals surface area contributed by atoms with Crippen LogP contribution in [0.5, 0.6) is 0 Å². The molecule has 1 fully saturated rings. The second-order valence-corrected chi connectivity index (χ2v) is 5.22. The lowest BCUT2D eigenvalue weighted by molar-refractivity contribution is 0.321. The molecule has 0 aliphatic heterocycles. The summed E-state index contributed by atoms with van der Waals surface area (Å²) in [6, 6.07) is 0. The lowest BCUT2D eigenvalue weighted by Gasteiger charge is -2.25. The molecule has 0 spiro atoms. The summed E-state index contributed by atoms with van der Waals surface area (Å²) in [6.07, 6.45) is 8.09. The van der Waals surface area contributed by atoms with E-state index in [9.17, 15) is 0 Å². The zero-order valence-corrected chi connectivity index (χ0v) is 9.11. The highest BCUT2D eigenvalue weighted by molar-refractivity contribution is 6.20. The van der Waals surface area contributed by atoms with Crippen molar-refractivity contribution in [1.29, 1.82) is 0 Å². The van der Waals surface area contributed by atoms with Crippen LogP contribution in [-0.2, 0) is 0 Å². The van der Waals surface area contributed by atoms with Crippen LogP contribution >= 0.6 is 11.6 Å². The molecular formula is C11H21Cl. The number of hydrogen-bond acceptors (Lipinski definition) is 0. The number of halogens is 1. The van der Waals surface area contributed by atoms with Crippen molar-refractivity contribution >= 4 is 11.6 Å². The van der Waals surface area contributed by atoms with E-state index in [1.165, 1.54) is 38.5 Å². The average molecular weight is 189 g/mol. The molecule has 0 heterocycles. The molecule has 0 aromatic rings. The van der Waals surface area contributed by atoms with Crippen LogP contribution in [0.1, 0.15) is 52.4 Å². The highest BCUT2D eigenvalue weighted by atomic mass is 35.5. The summed E-state index contributed by atoms with van der Waals surface area (Å²) in [5.74, 6) is 1.80. The highest BCUT2D eigenvalue weighted by Gasteiger charge is 2.19. The van der Waals surface area contributed by atoms with Crippen molar-refractivity contribution in [2.24, 2.45) is 11.8 Å². The van der Waals surface area contributed by atoms with Gasteiger partial charge in [-0.1, -0.05) is 39.5 Å². The first-order valence-corrected chi connectivity index (χ1v) is 5.76. The van der Waals surface area contributed by atoms with E-state index < -0.39 is 0 Å². The van der Waals surface area contributed by atoms with Gasteiger partial charge < -0.3 is 0 Å². The zero-order valence-electron chi connectivity index (χ0n) is 8.35. The minimum Gasteiger partial charge on any atom is -0.123 e. The van der Waals surface area contributed by atoms with E-state index in [0.29, 0.717) is 5.38 Å². The molecule has 1 heteroatoms. The van der Waals surface area contributed by atoms with Crippen molar-refractivity contribution in [3.05, 3.63) is 0 Å². The third kappa shape index (κ3) is 3.80. The van der Waals surface area contributed by atoms with E-state index in [-0.39, 0.29) is 0 Å². The summed E-state index contributed by atoms with van der Waals surface area (Å²) in [5, 5.41) is 0.482. The molecule has 0 amide bonds. The Bertz CT molecular complexity index is 120. The van der Waals surface area contributed by atoms with Crippen LogP contribution in [0.15, 0.2) is 0 Å². The van der Waals surface area contributed by atoms with Crippen molar-refractivity contribution in [2.75, 3.05) is 0 Å². The first-order valence-electron chi connectivity index (χ1n) is 5.32. The summed E-state index contributed by atoms with van der Waals surface area (Å²) < 4.78 is 0. The number of hydrogen-bond donors (Lipinski definition) is 0. The molecule has 1 aliphatic rings. The Kier molecular flexibility index (Phi) is 4.42. The Morgan fingerprint density at radius 1 is 1.33 bits per heavy atom. The van der Waals surface area contributed by atoms with Crippen LogP contribution in [0.3, 0.4) is 0 Å². The van der Waals surface area contributed by atoms with Gasteiger partial charge >= 0.3 is 0 Å². The fourth-order valence-corrected chi connectivity index (χ4v) is 2.46. The SMILES string of the molecule is CC(C)CCC1CCCC(Cl)C1. The molecule has 0 aromatic carbocycles. The van der Waals surface area contributed by atoms with Gasteiger partial charge in [0.2, 0.25) is 0 Å². The van der Waals surface area contributed by atoms with Crippen molar-refractivity contribution in [1.82, 2.24) is 0 Å². The van der Waals surface area contributed by atoms with Gasteiger partial charge in [-0.25, -0.2) is 0 Å². The molecule has 12 heavy (non-hydrogen) atoms. The van der Waals surface area contributed by atoms with Crippen LogP contribution in [0, 0.1) is 11.8 Å². The predicted octanol–water partition coefficient (Wildman–Crippen LogP) is 4.22. The van der Waals surface area contributed by atoms with Crippen LogP contribution in [-0.4, -0.2) is 5.38 Å². The zero-order chi connectivity index (χ0) is 8.97. The summed E-state index contributed by atoms with van der Waals surface area (Å²) in [6.45, 7) is 4.61. The van der Waals surface area contributed by atoms with E-state index in [0.717, 1.165) is 11.8 Å². The molecular weight excluding hydrogens is 168 g/mol. The van der Waals surface area contributed by atoms with Gasteiger partial charge in [-0.3, -0.25) is 0 Å². The maximum absolute atomic E-state index is 6.13. The van der Waals surface area contributed by atoms with Crippen LogP contribution in [0.4, 0.5) is 0 Å². The quantitative estimate of drug-likeness (QED) is 0.582. The molecule has 0 saturated heterocycles. The fourth-order valence-electron chi connectivity index (χ4n) is 2.06. The van der Waals surface area contributed by atoms with Gasteiger partial charge in [0.25, 0.3) is 0 Å². The minimum absolute atomic E-state index is 0.482. The Labute approximate surface area is 81.7 Å². The Balaban J connectivity index is 2.14. The van der Waals surface area contributed by atoms with Crippen molar-refractivity contribution in [3.63, 3.8) is 0 Å². The van der Waals surface area contributed by atoms with E-state index in [1.54, 1.807) is 0 Å². The lowest BCUT2D eigenvalue weighted by atomic mass is 9.84. The van der Waals surface area contributed by atoms with E-state index in [4.69, 9.17) is 11.6 Å². The van der Waals surface area contributed by atoms with Gasteiger partial charge in [0.05, 0.1) is 0 Å². The van der Waals surface area contributed by atoms with Gasteiger partial charge in [0.15, 0.2) is 0 Å². The van der Waals surface area contributed by atoms with Gasteiger partial charge in [-0.2, -0.15) is 0 Å². The van der Waals surface area contributed by atoms with Gasteiger partial charge in [-0.15, -0.1) is 11.6 Å². The molecule has 0 radical (unpaired) electrons. The first kappa shape index (κ1) is 10.4. The molecule has 0 N–H and O–H groups in total. The van der Waals surface area contributed by atoms with Crippen LogP contribution in [0.25, 0.3) is 0 Å². The van der Waals surface area contributed by atoms with Gasteiger partial charge in [-0.05, 0) is 24.7 Å². The number of alkyl halides is 1. The maximum atomic E-state index is 6.13. The Morgan fingerprint density at radius 3 is 2.67 bits per heavy atom. The molecule has 2 atom stereocenters. The average Bonchev–Trinajstić information content (AvgIpc) is 2.01. The van der Waals surface area contributed by atoms with Crippen molar-refractivity contribution < 1.29 is 0 Å². The van der Waals surface area contributed by atoms with Gasteiger partial charge in [0.1, 0.15) is 0 Å². The first-order chi connectivity index (χ1) is 5.68. The van der Waals surface area contributed by atoms with E-state index >= 15 is 0 Å². The molecule has 72 valence electrons. The maximum Gasteiger partial charge on any atom is 0.0338 e. The summed E-state index contributed by atoms with van der Waals surface area (Å²) >= 11 is 6.13. The third-order valence-electron chi connectivity index (χ3n) is 2.87. The molecule has 0 nitrogen and oxygen atoms in total. The lowest BCUT2D eigenvalue weighted by Crippen LogP contribution is -2.15. The molecule has 0 aromatic heterocycles. The molecule has 0 bridgehead atoms. The smallest absolute Gasteiger partial charge is 0.0338 e. The van der Waals surface area contributed by atoms with Crippen LogP contribution < -0.4 is 0 Å². The van der Waals surface area contributed by atoms with Crippen LogP contribution in [0.2, 0.25) is 0 Å². The van der Waals surface area contributed by atoms with Crippen molar-refractivity contribution in [2.45, 2.75) is 57.7 Å². The molecule has 2 unspecified atom stereocenters. The normalized spacial score (nSPS) is 31.0. The van der Waals surface area contributed by atoms with Crippen molar-refractivity contribution in [3.8, 4) is 0 Å². The topological polar surface area (TPSA) is 0 Å². The van der Waals surface area contributed by atoms with E-state index in [2.05, 4.69) is 13.8 Å². The largest absolute Gasteiger partial charge is 0.123 e. The molecule has 1 saturated carbocycles. The highest BCUT2D eigenvalue weighted by Crippen LogP contribution is 2.31. The molecule has 1 aliphatic carbocycles. The summed E-state index contributed by atoms with van der Waals surface area (Å²) in [5.41, 5.74) is 0. The second-order valence-electron chi connectivity index (χ2n) is 4.60.